The van der Waals surface area contributed by atoms with Crippen LogP contribution in [0.1, 0.15) is 37.8 Å². The molecule has 0 spiro atoms. The molecule has 3 N–H and O–H groups in total. The van der Waals surface area contributed by atoms with Gasteiger partial charge in [0.2, 0.25) is 0 Å². The maximum absolute atomic E-state index is 9.81. The lowest BCUT2D eigenvalue weighted by Crippen LogP contribution is -2.18. The van der Waals surface area contributed by atoms with E-state index in [2.05, 4.69) is 15.3 Å². The Morgan fingerprint density at radius 1 is 0.741 bits per heavy atom. The Morgan fingerprint density at radius 3 is 1.56 bits per heavy atom. The largest absolute Gasteiger partial charge is 0.507 e. The van der Waals surface area contributed by atoms with E-state index in [1.54, 1.807) is 12.1 Å². The van der Waals surface area contributed by atoms with Gasteiger partial charge in [-0.15, -0.1) is 0 Å². The van der Waals surface area contributed by atoms with Crippen molar-refractivity contribution in [2.24, 2.45) is 9.98 Å². The van der Waals surface area contributed by atoms with E-state index in [1.807, 2.05) is 50.2 Å². The Kier molecular flexibility index (Phi) is 8.52. The van der Waals surface area contributed by atoms with Gasteiger partial charge in [0.05, 0.1) is 0 Å². The summed E-state index contributed by atoms with van der Waals surface area (Å²) in [4.78, 5) is 9.05. The molecule has 0 heterocycles. The maximum Gasteiger partial charge on any atom is 0.124 e. The standard InChI is InChI=1S/C22H29N3O2/c1-17(19-9-3-5-11-21(19)26)24-15-7-13-23-14-8-16-25-18(2)20-10-4-6-12-22(20)27/h3-6,9-12,23,26-27H,7-8,13-16H2,1-2H3. The van der Waals surface area contributed by atoms with E-state index in [4.69, 9.17) is 0 Å². The van der Waals surface area contributed by atoms with Crippen LogP contribution in [-0.4, -0.2) is 47.8 Å². The van der Waals surface area contributed by atoms with Gasteiger partial charge in [-0.3, -0.25) is 9.98 Å². The van der Waals surface area contributed by atoms with E-state index in [9.17, 15) is 10.2 Å². The monoisotopic (exact) mass is 367 g/mol. The molecule has 0 amide bonds. The van der Waals surface area contributed by atoms with Crippen LogP contribution in [0.3, 0.4) is 0 Å². The van der Waals surface area contributed by atoms with Gasteiger partial charge in [0.15, 0.2) is 0 Å². The van der Waals surface area contributed by atoms with Crippen LogP contribution < -0.4 is 5.32 Å². The summed E-state index contributed by atoms with van der Waals surface area (Å²) in [6.07, 6.45) is 1.90. The average molecular weight is 367 g/mol. The molecular weight excluding hydrogens is 338 g/mol. The number of aromatic hydroxyl groups is 2. The number of hydrogen-bond acceptors (Lipinski definition) is 5. The molecule has 5 heteroatoms. The molecule has 144 valence electrons. The van der Waals surface area contributed by atoms with Crippen LogP contribution in [0.4, 0.5) is 0 Å². The van der Waals surface area contributed by atoms with Crippen molar-refractivity contribution in [2.45, 2.75) is 26.7 Å². The van der Waals surface area contributed by atoms with E-state index in [0.717, 1.165) is 61.6 Å². The molecule has 2 aromatic carbocycles. The number of rotatable bonds is 10. The Hall–Kier alpha value is -2.66. The summed E-state index contributed by atoms with van der Waals surface area (Å²) in [5, 5.41) is 23.0. The molecular formula is C22H29N3O2. The highest BCUT2D eigenvalue weighted by atomic mass is 16.3. The molecule has 0 saturated carbocycles. The third-order valence-electron chi connectivity index (χ3n) is 4.31. The molecule has 0 aliphatic heterocycles. The lowest BCUT2D eigenvalue weighted by Gasteiger charge is -2.06. The minimum Gasteiger partial charge on any atom is -0.507 e. The Bertz CT molecular complexity index is 719. The minimum atomic E-state index is 0.275. The summed E-state index contributed by atoms with van der Waals surface area (Å²) in [5.74, 6) is 0.549. The summed E-state index contributed by atoms with van der Waals surface area (Å²) >= 11 is 0. The van der Waals surface area contributed by atoms with Crippen molar-refractivity contribution in [2.75, 3.05) is 26.2 Å². The van der Waals surface area contributed by atoms with Gasteiger partial charge in [0.25, 0.3) is 0 Å². The summed E-state index contributed by atoms with van der Waals surface area (Å²) in [6.45, 7) is 7.12. The zero-order valence-corrected chi connectivity index (χ0v) is 16.2. The fourth-order valence-electron chi connectivity index (χ4n) is 2.76. The van der Waals surface area contributed by atoms with Crippen LogP contribution >= 0.6 is 0 Å². The first-order valence-corrected chi connectivity index (χ1v) is 9.39. The predicted molar refractivity (Wildman–Crippen MR) is 112 cm³/mol. The lowest BCUT2D eigenvalue weighted by atomic mass is 10.1. The van der Waals surface area contributed by atoms with Crippen molar-refractivity contribution in [3.63, 3.8) is 0 Å². The second kappa shape index (κ2) is 11.1. The number of phenols is 2. The topological polar surface area (TPSA) is 77.2 Å². The van der Waals surface area contributed by atoms with Crippen molar-refractivity contribution in [1.29, 1.82) is 0 Å². The molecule has 0 aromatic heterocycles. The molecule has 0 aliphatic rings. The number of aliphatic imine (C=N–C) groups is 2. The first kappa shape index (κ1) is 20.6. The molecule has 0 fully saturated rings. The van der Waals surface area contributed by atoms with Gasteiger partial charge < -0.3 is 15.5 Å². The number of nitrogens with zero attached hydrogens (tertiary/aromatic N) is 2. The normalized spacial score (nSPS) is 12.4. The first-order valence-electron chi connectivity index (χ1n) is 9.39. The average Bonchev–Trinajstić information content (AvgIpc) is 2.67. The number of para-hydroxylation sites is 2. The van der Waals surface area contributed by atoms with Crippen LogP contribution in [0.15, 0.2) is 58.5 Å². The number of phenolic OH excluding ortho intramolecular Hbond substituents is 2. The highest BCUT2D eigenvalue weighted by Crippen LogP contribution is 2.17. The molecule has 0 bridgehead atoms. The van der Waals surface area contributed by atoms with Crippen molar-refractivity contribution >= 4 is 11.4 Å². The zero-order valence-electron chi connectivity index (χ0n) is 16.2. The molecule has 0 saturated heterocycles. The number of hydrogen-bond donors (Lipinski definition) is 3. The SMILES string of the molecule is CC(=NCCCNCCCN=C(C)c1ccccc1O)c1ccccc1O. The van der Waals surface area contributed by atoms with E-state index in [1.165, 1.54) is 0 Å². The quantitative estimate of drug-likeness (QED) is 0.442. The van der Waals surface area contributed by atoms with Gasteiger partial charge in [0, 0.05) is 35.6 Å². The molecule has 5 nitrogen and oxygen atoms in total. The third kappa shape index (κ3) is 6.87. The van der Waals surface area contributed by atoms with E-state index < -0.39 is 0 Å². The molecule has 0 atom stereocenters. The van der Waals surface area contributed by atoms with Gasteiger partial charge in [-0.1, -0.05) is 24.3 Å². The zero-order chi connectivity index (χ0) is 19.5. The van der Waals surface area contributed by atoms with Crippen molar-refractivity contribution in [1.82, 2.24) is 5.32 Å². The van der Waals surface area contributed by atoms with Gasteiger partial charge in [-0.05, 0) is 64.0 Å². The summed E-state index contributed by atoms with van der Waals surface area (Å²) in [6, 6.07) is 14.5. The second-order valence-corrected chi connectivity index (χ2v) is 6.43. The first-order chi connectivity index (χ1) is 13.1. The van der Waals surface area contributed by atoms with Gasteiger partial charge in [0.1, 0.15) is 11.5 Å². The second-order valence-electron chi connectivity index (χ2n) is 6.43. The molecule has 27 heavy (non-hydrogen) atoms. The van der Waals surface area contributed by atoms with Gasteiger partial charge >= 0.3 is 0 Å². The Labute approximate surface area is 161 Å². The molecule has 0 aliphatic carbocycles. The van der Waals surface area contributed by atoms with Crippen LogP contribution in [-0.2, 0) is 0 Å². The molecule has 0 radical (unpaired) electrons. The molecule has 0 unspecified atom stereocenters. The van der Waals surface area contributed by atoms with E-state index >= 15 is 0 Å². The fourth-order valence-corrected chi connectivity index (χ4v) is 2.76. The Morgan fingerprint density at radius 2 is 1.15 bits per heavy atom. The van der Waals surface area contributed by atoms with Crippen molar-refractivity contribution in [3.8, 4) is 11.5 Å². The van der Waals surface area contributed by atoms with E-state index in [-0.39, 0.29) is 11.5 Å². The van der Waals surface area contributed by atoms with Gasteiger partial charge in [-0.2, -0.15) is 0 Å². The van der Waals surface area contributed by atoms with Crippen molar-refractivity contribution in [3.05, 3.63) is 59.7 Å². The van der Waals surface area contributed by atoms with Crippen LogP contribution in [0.2, 0.25) is 0 Å². The van der Waals surface area contributed by atoms with Crippen LogP contribution in [0.25, 0.3) is 0 Å². The summed E-state index contributed by atoms with van der Waals surface area (Å²) < 4.78 is 0. The summed E-state index contributed by atoms with van der Waals surface area (Å²) in [5.41, 5.74) is 3.32. The van der Waals surface area contributed by atoms with Crippen LogP contribution in [0, 0.1) is 0 Å². The fraction of sp³-hybridized carbons (Fsp3) is 0.364. The molecule has 2 aromatic rings. The van der Waals surface area contributed by atoms with Crippen molar-refractivity contribution < 1.29 is 10.2 Å². The Balaban J connectivity index is 1.60. The highest BCUT2D eigenvalue weighted by molar-refractivity contribution is 6.01. The lowest BCUT2D eigenvalue weighted by molar-refractivity contribution is 0.473. The number of benzene rings is 2. The smallest absolute Gasteiger partial charge is 0.124 e. The van der Waals surface area contributed by atoms with E-state index in [0.29, 0.717) is 0 Å². The highest BCUT2D eigenvalue weighted by Gasteiger charge is 2.03. The molecule has 2 rings (SSSR count). The predicted octanol–water partition coefficient (Wildman–Crippen LogP) is 3.79. The van der Waals surface area contributed by atoms with Crippen LogP contribution in [0.5, 0.6) is 11.5 Å². The number of nitrogens with one attached hydrogen (secondary N) is 1. The third-order valence-corrected chi connectivity index (χ3v) is 4.31. The summed E-state index contributed by atoms with van der Waals surface area (Å²) in [7, 11) is 0. The maximum atomic E-state index is 9.81. The minimum absolute atomic E-state index is 0.275. The van der Waals surface area contributed by atoms with Gasteiger partial charge in [-0.25, -0.2) is 0 Å².